The van der Waals surface area contributed by atoms with Crippen molar-refractivity contribution in [2.75, 3.05) is 26.2 Å². The van der Waals surface area contributed by atoms with Crippen LogP contribution in [0.3, 0.4) is 0 Å². The zero-order valence-corrected chi connectivity index (χ0v) is 12.3. The van der Waals surface area contributed by atoms with Crippen molar-refractivity contribution < 1.29 is 4.79 Å². The molecular formula is C16H25N3O. The van der Waals surface area contributed by atoms with E-state index < -0.39 is 0 Å². The monoisotopic (exact) mass is 275 g/mol. The standard InChI is InChI=1S/C16H25N3O/c1-2-19-11-8-14(9-12-19)18-16(20)15-6-4-3-5-13(15)7-10-17/h3-6,14H,2,7-12,17H2,1H3,(H,18,20). The minimum atomic E-state index is 0.0454. The van der Waals surface area contributed by atoms with E-state index >= 15 is 0 Å². The summed E-state index contributed by atoms with van der Waals surface area (Å²) in [6.45, 7) is 6.00. The molecule has 0 bridgehead atoms. The number of nitrogens with zero attached hydrogens (tertiary/aromatic N) is 1. The van der Waals surface area contributed by atoms with Crippen molar-refractivity contribution in [3.05, 3.63) is 35.4 Å². The van der Waals surface area contributed by atoms with Crippen LogP contribution in [0.2, 0.25) is 0 Å². The van der Waals surface area contributed by atoms with E-state index in [-0.39, 0.29) is 5.91 Å². The van der Waals surface area contributed by atoms with Crippen molar-refractivity contribution in [3.8, 4) is 0 Å². The van der Waals surface area contributed by atoms with Crippen molar-refractivity contribution >= 4 is 5.91 Å². The van der Waals surface area contributed by atoms with Gasteiger partial charge in [0, 0.05) is 24.7 Å². The second-order valence-corrected chi connectivity index (χ2v) is 5.38. The van der Waals surface area contributed by atoms with Crippen LogP contribution in [0.4, 0.5) is 0 Å². The lowest BCUT2D eigenvalue weighted by Crippen LogP contribution is -2.44. The van der Waals surface area contributed by atoms with Gasteiger partial charge in [0.15, 0.2) is 0 Å². The maximum atomic E-state index is 12.4. The van der Waals surface area contributed by atoms with Gasteiger partial charge < -0.3 is 16.0 Å². The van der Waals surface area contributed by atoms with Crippen LogP contribution >= 0.6 is 0 Å². The Kier molecular flexibility index (Phi) is 5.56. The first-order chi connectivity index (χ1) is 9.74. The lowest BCUT2D eigenvalue weighted by atomic mass is 10.0. The average molecular weight is 275 g/mol. The van der Waals surface area contributed by atoms with Crippen LogP contribution in [-0.4, -0.2) is 43.0 Å². The number of nitrogens with one attached hydrogen (secondary N) is 1. The minimum Gasteiger partial charge on any atom is -0.349 e. The summed E-state index contributed by atoms with van der Waals surface area (Å²) in [6, 6.07) is 8.05. The normalized spacial score (nSPS) is 17.1. The number of hydrogen-bond acceptors (Lipinski definition) is 3. The number of rotatable bonds is 5. The highest BCUT2D eigenvalue weighted by Gasteiger charge is 2.20. The summed E-state index contributed by atoms with van der Waals surface area (Å²) in [6.07, 6.45) is 2.83. The molecule has 4 heteroatoms. The molecule has 1 aliphatic heterocycles. The predicted molar refractivity (Wildman–Crippen MR) is 81.8 cm³/mol. The fourth-order valence-corrected chi connectivity index (χ4v) is 2.77. The van der Waals surface area contributed by atoms with Crippen LogP contribution in [0, 0.1) is 0 Å². The molecule has 1 aromatic carbocycles. The number of piperidine rings is 1. The molecule has 0 spiro atoms. The molecule has 110 valence electrons. The molecule has 4 nitrogen and oxygen atoms in total. The van der Waals surface area contributed by atoms with Crippen LogP contribution in [0.25, 0.3) is 0 Å². The van der Waals surface area contributed by atoms with E-state index in [1.807, 2.05) is 24.3 Å². The van der Waals surface area contributed by atoms with Gasteiger partial charge >= 0.3 is 0 Å². The van der Waals surface area contributed by atoms with Gasteiger partial charge in [-0.05, 0) is 44.0 Å². The van der Waals surface area contributed by atoms with E-state index in [9.17, 15) is 4.79 Å². The Bertz CT molecular complexity index is 439. The Balaban J connectivity index is 1.95. The van der Waals surface area contributed by atoms with Gasteiger partial charge in [-0.2, -0.15) is 0 Å². The van der Waals surface area contributed by atoms with E-state index in [0.29, 0.717) is 12.6 Å². The number of likely N-dealkylation sites (tertiary alicyclic amines) is 1. The number of benzene rings is 1. The molecule has 0 saturated carbocycles. The summed E-state index contributed by atoms with van der Waals surface area (Å²) >= 11 is 0. The van der Waals surface area contributed by atoms with E-state index in [0.717, 1.165) is 50.0 Å². The minimum absolute atomic E-state index is 0.0454. The van der Waals surface area contributed by atoms with Crippen LogP contribution in [-0.2, 0) is 6.42 Å². The van der Waals surface area contributed by atoms with Gasteiger partial charge in [-0.15, -0.1) is 0 Å². The summed E-state index contributed by atoms with van der Waals surface area (Å²) < 4.78 is 0. The fourth-order valence-electron chi connectivity index (χ4n) is 2.77. The van der Waals surface area contributed by atoms with Crippen LogP contribution in [0.15, 0.2) is 24.3 Å². The summed E-state index contributed by atoms with van der Waals surface area (Å²) in [5.41, 5.74) is 7.42. The van der Waals surface area contributed by atoms with Crippen molar-refractivity contribution in [3.63, 3.8) is 0 Å². The van der Waals surface area contributed by atoms with E-state index in [2.05, 4.69) is 17.1 Å². The number of nitrogens with two attached hydrogens (primary N) is 1. The lowest BCUT2D eigenvalue weighted by molar-refractivity contribution is 0.0912. The SMILES string of the molecule is CCN1CCC(NC(=O)c2ccccc2CCN)CC1. The average Bonchev–Trinajstić information content (AvgIpc) is 2.49. The number of hydrogen-bond donors (Lipinski definition) is 2. The van der Waals surface area contributed by atoms with Crippen LogP contribution in [0.1, 0.15) is 35.7 Å². The second kappa shape index (κ2) is 7.41. The second-order valence-electron chi connectivity index (χ2n) is 5.38. The number of carbonyl (C=O) groups is 1. The third kappa shape index (κ3) is 3.81. The van der Waals surface area contributed by atoms with E-state index in [1.165, 1.54) is 0 Å². The van der Waals surface area contributed by atoms with Gasteiger partial charge in [-0.3, -0.25) is 4.79 Å². The smallest absolute Gasteiger partial charge is 0.251 e. The quantitative estimate of drug-likeness (QED) is 0.854. The Hall–Kier alpha value is -1.39. The fraction of sp³-hybridized carbons (Fsp3) is 0.562. The zero-order chi connectivity index (χ0) is 14.4. The van der Waals surface area contributed by atoms with E-state index in [1.54, 1.807) is 0 Å². The van der Waals surface area contributed by atoms with Crippen molar-refractivity contribution in [2.45, 2.75) is 32.2 Å². The summed E-state index contributed by atoms with van der Waals surface area (Å²) in [4.78, 5) is 14.8. The van der Waals surface area contributed by atoms with Crippen molar-refractivity contribution in [1.29, 1.82) is 0 Å². The molecule has 2 rings (SSSR count). The molecule has 0 unspecified atom stereocenters. The van der Waals surface area contributed by atoms with Crippen LogP contribution in [0.5, 0.6) is 0 Å². The lowest BCUT2D eigenvalue weighted by Gasteiger charge is -2.31. The highest BCUT2D eigenvalue weighted by atomic mass is 16.1. The third-order valence-electron chi connectivity index (χ3n) is 4.05. The maximum Gasteiger partial charge on any atom is 0.251 e. The molecular weight excluding hydrogens is 250 g/mol. The maximum absolute atomic E-state index is 12.4. The van der Waals surface area contributed by atoms with Crippen molar-refractivity contribution in [1.82, 2.24) is 10.2 Å². The molecule has 0 radical (unpaired) electrons. The third-order valence-corrected chi connectivity index (χ3v) is 4.05. The van der Waals surface area contributed by atoms with Crippen molar-refractivity contribution in [2.24, 2.45) is 5.73 Å². The first-order valence-corrected chi connectivity index (χ1v) is 7.55. The molecule has 1 amide bonds. The summed E-state index contributed by atoms with van der Waals surface area (Å²) in [7, 11) is 0. The molecule has 0 aromatic heterocycles. The highest BCUT2D eigenvalue weighted by molar-refractivity contribution is 5.95. The summed E-state index contributed by atoms with van der Waals surface area (Å²) in [5.74, 6) is 0.0454. The van der Waals surface area contributed by atoms with Gasteiger partial charge in [-0.25, -0.2) is 0 Å². The van der Waals surface area contributed by atoms with Crippen LogP contribution < -0.4 is 11.1 Å². The Morgan fingerprint density at radius 2 is 2.05 bits per heavy atom. The van der Waals surface area contributed by atoms with Gasteiger partial charge in [0.25, 0.3) is 5.91 Å². The first-order valence-electron chi connectivity index (χ1n) is 7.55. The van der Waals surface area contributed by atoms with Gasteiger partial charge in [-0.1, -0.05) is 25.1 Å². The van der Waals surface area contributed by atoms with Gasteiger partial charge in [0.1, 0.15) is 0 Å². The molecule has 1 saturated heterocycles. The molecule has 0 aliphatic carbocycles. The Labute approximate surface area is 121 Å². The Morgan fingerprint density at radius 3 is 2.70 bits per heavy atom. The molecule has 1 heterocycles. The topological polar surface area (TPSA) is 58.4 Å². The van der Waals surface area contributed by atoms with Gasteiger partial charge in [0.2, 0.25) is 0 Å². The van der Waals surface area contributed by atoms with E-state index in [4.69, 9.17) is 5.73 Å². The first kappa shape index (κ1) is 15.0. The molecule has 20 heavy (non-hydrogen) atoms. The number of carbonyl (C=O) groups excluding carboxylic acids is 1. The molecule has 1 fully saturated rings. The molecule has 1 aliphatic rings. The molecule has 0 atom stereocenters. The zero-order valence-electron chi connectivity index (χ0n) is 12.3. The largest absolute Gasteiger partial charge is 0.349 e. The molecule has 3 N–H and O–H groups in total. The highest BCUT2D eigenvalue weighted by Crippen LogP contribution is 2.13. The number of amides is 1. The molecule has 1 aromatic rings. The van der Waals surface area contributed by atoms with Gasteiger partial charge in [0.05, 0.1) is 0 Å². The summed E-state index contributed by atoms with van der Waals surface area (Å²) in [5, 5.41) is 3.17. The predicted octanol–water partition coefficient (Wildman–Crippen LogP) is 1.40. The Morgan fingerprint density at radius 1 is 1.35 bits per heavy atom.